The minimum atomic E-state index is 0.316. The van der Waals surface area contributed by atoms with Gasteiger partial charge in [-0.3, -0.25) is 4.90 Å². The van der Waals surface area contributed by atoms with E-state index in [9.17, 15) is 0 Å². The lowest BCUT2D eigenvalue weighted by molar-refractivity contribution is 0.101. The lowest BCUT2D eigenvalue weighted by atomic mass is 10.0. The highest BCUT2D eigenvalue weighted by Crippen LogP contribution is 2.16. The second-order valence-electron chi connectivity index (χ2n) is 4.11. The number of allylic oxidation sites excluding steroid dienone is 1. The molecule has 0 aromatic rings. The normalized spacial score (nSPS) is 24.4. The fraction of sp³-hybridized carbons (Fsp3) is 0.818. The summed E-state index contributed by atoms with van der Waals surface area (Å²) in [4.78, 5) is 2.39. The monoisotopic (exact) mass is 183 g/mol. The van der Waals surface area contributed by atoms with Crippen LogP contribution in [0.25, 0.3) is 0 Å². The first-order valence-electron chi connectivity index (χ1n) is 5.22. The van der Waals surface area contributed by atoms with E-state index in [4.69, 9.17) is 5.11 Å². The first-order chi connectivity index (χ1) is 6.24. The van der Waals surface area contributed by atoms with Crippen LogP contribution in [0.5, 0.6) is 0 Å². The highest BCUT2D eigenvalue weighted by atomic mass is 16.3. The van der Waals surface area contributed by atoms with E-state index < -0.39 is 0 Å². The summed E-state index contributed by atoms with van der Waals surface area (Å²) < 4.78 is 0. The van der Waals surface area contributed by atoms with Crippen molar-refractivity contribution >= 4 is 0 Å². The Kier molecular flexibility index (Phi) is 4.46. The maximum absolute atomic E-state index is 9.16. The Morgan fingerprint density at radius 3 is 2.85 bits per heavy atom. The van der Waals surface area contributed by atoms with Gasteiger partial charge in [0, 0.05) is 12.6 Å². The van der Waals surface area contributed by atoms with Crippen molar-refractivity contribution in [1.82, 2.24) is 4.90 Å². The number of nitrogens with zero attached hydrogens (tertiary/aromatic N) is 1. The molecule has 0 spiro atoms. The number of piperidine rings is 1. The van der Waals surface area contributed by atoms with Gasteiger partial charge in [0.25, 0.3) is 0 Å². The Morgan fingerprint density at radius 2 is 2.23 bits per heavy atom. The van der Waals surface area contributed by atoms with E-state index in [-0.39, 0.29) is 0 Å². The average molecular weight is 183 g/mol. The maximum atomic E-state index is 9.16. The van der Waals surface area contributed by atoms with Gasteiger partial charge in [0.2, 0.25) is 0 Å². The molecular weight excluding hydrogens is 162 g/mol. The Morgan fingerprint density at radius 1 is 1.46 bits per heavy atom. The van der Waals surface area contributed by atoms with Crippen LogP contribution >= 0.6 is 0 Å². The van der Waals surface area contributed by atoms with E-state index in [1.807, 2.05) is 0 Å². The molecule has 0 radical (unpaired) electrons. The van der Waals surface area contributed by atoms with Gasteiger partial charge in [0.1, 0.15) is 0 Å². The van der Waals surface area contributed by atoms with Crippen molar-refractivity contribution in [3.63, 3.8) is 0 Å². The molecule has 0 bridgehead atoms. The molecule has 2 nitrogen and oxygen atoms in total. The van der Waals surface area contributed by atoms with Gasteiger partial charge in [-0.15, -0.1) is 0 Å². The predicted octanol–water partition coefficient (Wildman–Crippen LogP) is 1.80. The molecule has 0 amide bonds. The average Bonchev–Trinajstić information content (AvgIpc) is 2.15. The van der Waals surface area contributed by atoms with E-state index in [2.05, 4.69) is 24.8 Å². The van der Waals surface area contributed by atoms with E-state index in [1.165, 1.54) is 18.4 Å². The molecule has 13 heavy (non-hydrogen) atoms. The molecular formula is C11H21NO. The molecule has 1 saturated heterocycles. The van der Waals surface area contributed by atoms with Gasteiger partial charge in [-0.2, -0.15) is 0 Å². The Bertz CT molecular complexity index is 173. The molecule has 0 aromatic heterocycles. The number of likely N-dealkylation sites (tertiary alicyclic amines) is 1. The van der Waals surface area contributed by atoms with Crippen LogP contribution in [0, 0.1) is 0 Å². The summed E-state index contributed by atoms with van der Waals surface area (Å²) in [6, 6.07) is 0.407. The molecule has 0 saturated carbocycles. The number of rotatable bonds is 3. The Hall–Kier alpha value is -0.340. The van der Waals surface area contributed by atoms with Gasteiger partial charge in [0.05, 0.1) is 6.61 Å². The first-order valence-corrected chi connectivity index (χ1v) is 5.22. The quantitative estimate of drug-likeness (QED) is 0.674. The fourth-order valence-electron chi connectivity index (χ4n) is 1.81. The van der Waals surface area contributed by atoms with Crippen molar-refractivity contribution in [3.8, 4) is 0 Å². The molecule has 2 heteroatoms. The second kappa shape index (κ2) is 5.40. The smallest absolute Gasteiger partial charge is 0.0586 e. The largest absolute Gasteiger partial charge is 0.395 e. The summed E-state index contributed by atoms with van der Waals surface area (Å²) in [6.07, 6.45) is 5.96. The molecule has 1 aliphatic rings. The lowest BCUT2D eigenvalue weighted by Crippen LogP contribution is -2.41. The maximum Gasteiger partial charge on any atom is 0.0586 e. The van der Waals surface area contributed by atoms with Gasteiger partial charge < -0.3 is 5.11 Å². The molecule has 76 valence electrons. The van der Waals surface area contributed by atoms with E-state index in [0.29, 0.717) is 12.6 Å². The summed E-state index contributed by atoms with van der Waals surface area (Å²) in [5.74, 6) is 0. The zero-order valence-corrected chi connectivity index (χ0v) is 8.79. The van der Waals surface area contributed by atoms with Crippen LogP contribution in [0.3, 0.4) is 0 Å². The lowest BCUT2D eigenvalue weighted by Gasteiger charge is -2.33. The van der Waals surface area contributed by atoms with Crippen molar-refractivity contribution in [2.45, 2.75) is 39.2 Å². The molecule has 1 rings (SSSR count). The summed E-state index contributed by atoms with van der Waals surface area (Å²) >= 11 is 0. The Labute approximate surface area is 81.2 Å². The van der Waals surface area contributed by atoms with Crippen LogP contribution in [0.1, 0.15) is 33.1 Å². The molecule has 0 unspecified atom stereocenters. The predicted molar refractivity (Wildman–Crippen MR) is 55.7 cm³/mol. The highest BCUT2D eigenvalue weighted by molar-refractivity contribution is 4.96. The van der Waals surface area contributed by atoms with Gasteiger partial charge in [0.15, 0.2) is 0 Å². The summed E-state index contributed by atoms with van der Waals surface area (Å²) in [7, 11) is 0. The molecule has 0 aromatic carbocycles. The fourth-order valence-corrected chi connectivity index (χ4v) is 1.81. The van der Waals surface area contributed by atoms with E-state index >= 15 is 0 Å². The topological polar surface area (TPSA) is 23.5 Å². The van der Waals surface area contributed by atoms with Crippen LogP contribution in [0.2, 0.25) is 0 Å². The molecule has 1 fully saturated rings. The third-order valence-corrected chi connectivity index (χ3v) is 2.69. The first kappa shape index (κ1) is 10.7. The van der Waals surface area contributed by atoms with E-state index in [0.717, 1.165) is 19.5 Å². The third-order valence-electron chi connectivity index (χ3n) is 2.69. The van der Waals surface area contributed by atoms with Crippen LogP contribution in [-0.4, -0.2) is 35.7 Å². The summed E-state index contributed by atoms with van der Waals surface area (Å²) in [5, 5.41) is 9.16. The van der Waals surface area contributed by atoms with Crippen LogP contribution in [-0.2, 0) is 0 Å². The molecule has 1 aliphatic heterocycles. The number of aliphatic hydroxyl groups is 1. The second-order valence-corrected chi connectivity index (χ2v) is 4.11. The zero-order chi connectivity index (χ0) is 9.68. The third kappa shape index (κ3) is 3.49. The number of hydrogen-bond acceptors (Lipinski definition) is 2. The minimum absolute atomic E-state index is 0.316. The van der Waals surface area contributed by atoms with Gasteiger partial charge in [-0.1, -0.05) is 18.1 Å². The zero-order valence-electron chi connectivity index (χ0n) is 8.79. The van der Waals surface area contributed by atoms with Gasteiger partial charge in [-0.25, -0.2) is 0 Å². The van der Waals surface area contributed by atoms with Gasteiger partial charge in [-0.05, 0) is 33.2 Å². The van der Waals surface area contributed by atoms with Crippen LogP contribution in [0.15, 0.2) is 11.6 Å². The Balaban J connectivity index is 2.40. The molecule has 0 aliphatic carbocycles. The minimum Gasteiger partial charge on any atom is -0.395 e. The van der Waals surface area contributed by atoms with Crippen LogP contribution < -0.4 is 0 Å². The van der Waals surface area contributed by atoms with Crippen molar-refractivity contribution in [1.29, 1.82) is 0 Å². The highest BCUT2D eigenvalue weighted by Gasteiger charge is 2.19. The molecule has 1 N–H and O–H groups in total. The van der Waals surface area contributed by atoms with E-state index in [1.54, 1.807) is 0 Å². The van der Waals surface area contributed by atoms with Crippen LogP contribution in [0.4, 0.5) is 0 Å². The number of hydrogen-bond donors (Lipinski definition) is 1. The SMILES string of the molecule is CC(C)=CCN1CCCC[C@@H]1CO. The van der Waals surface area contributed by atoms with Gasteiger partial charge >= 0.3 is 0 Å². The number of aliphatic hydroxyl groups excluding tert-OH is 1. The summed E-state index contributed by atoms with van der Waals surface area (Å²) in [6.45, 7) is 6.72. The van der Waals surface area contributed by atoms with Crippen molar-refractivity contribution in [2.75, 3.05) is 19.7 Å². The molecule has 1 heterocycles. The summed E-state index contributed by atoms with van der Waals surface area (Å²) in [5.41, 5.74) is 1.36. The van der Waals surface area contributed by atoms with Crippen molar-refractivity contribution < 1.29 is 5.11 Å². The van der Waals surface area contributed by atoms with Crippen molar-refractivity contribution in [3.05, 3.63) is 11.6 Å². The molecule has 1 atom stereocenters. The van der Waals surface area contributed by atoms with Crippen molar-refractivity contribution in [2.24, 2.45) is 0 Å². The standard InChI is InChI=1S/C11H21NO/c1-10(2)6-8-12-7-4-3-5-11(12)9-13/h6,11,13H,3-5,7-9H2,1-2H3/t11-/m1/s1.